The molecular formula is C21H40O4Si. The van der Waals surface area contributed by atoms with E-state index in [1.165, 1.54) is 19.3 Å². The highest BCUT2D eigenvalue weighted by Crippen LogP contribution is 2.35. The number of rotatable bonds is 12. The zero-order chi connectivity index (χ0) is 19.4. The number of hydrogen-bond donors (Lipinski definition) is 1. The lowest BCUT2D eigenvalue weighted by Crippen LogP contribution is -2.45. The van der Waals surface area contributed by atoms with Gasteiger partial charge in [-0.2, -0.15) is 0 Å². The lowest BCUT2D eigenvalue weighted by Gasteiger charge is -2.29. The van der Waals surface area contributed by atoms with Gasteiger partial charge in [-0.1, -0.05) is 52.9 Å². The van der Waals surface area contributed by atoms with Gasteiger partial charge in [-0.25, -0.2) is 0 Å². The van der Waals surface area contributed by atoms with E-state index in [4.69, 9.17) is 13.9 Å². The molecule has 1 aliphatic carbocycles. The van der Waals surface area contributed by atoms with Crippen LogP contribution in [0, 0.1) is 23.7 Å². The number of methoxy groups -OCH3 is 1. The molecule has 0 aromatic heterocycles. The molecule has 152 valence electrons. The Balaban J connectivity index is 2.58. The van der Waals surface area contributed by atoms with Crippen molar-refractivity contribution in [2.24, 2.45) is 11.8 Å². The second-order valence-corrected chi connectivity index (χ2v) is 9.27. The Kier molecular flexibility index (Phi) is 11.7. The molecule has 0 radical (unpaired) electrons. The standard InChI is InChI=1S/C21H40O4Si/c1-6-7-8-9-10-11-13-21(24-16-23-5)14-12-19(20(21)22)25-26-15-18(4)17(2)3/h17-20,22H,6-10,12,14-16,26H2,1-5H3. The molecule has 4 unspecified atom stereocenters. The topological polar surface area (TPSA) is 47.9 Å². The van der Waals surface area contributed by atoms with Gasteiger partial charge in [-0.3, -0.25) is 0 Å². The summed E-state index contributed by atoms with van der Waals surface area (Å²) in [5.74, 6) is 7.84. The van der Waals surface area contributed by atoms with E-state index in [2.05, 4.69) is 39.5 Å². The van der Waals surface area contributed by atoms with Gasteiger partial charge in [-0.05, 0) is 37.1 Å². The van der Waals surface area contributed by atoms with Crippen LogP contribution in [0.25, 0.3) is 0 Å². The third-order valence-electron chi connectivity index (χ3n) is 5.56. The molecule has 5 heteroatoms. The van der Waals surface area contributed by atoms with E-state index in [1.54, 1.807) is 7.11 Å². The highest BCUT2D eigenvalue weighted by atomic mass is 28.2. The first-order valence-electron chi connectivity index (χ1n) is 10.4. The maximum absolute atomic E-state index is 10.9. The minimum atomic E-state index is -0.830. The van der Waals surface area contributed by atoms with Crippen molar-refractivity contribution < 1.29 is 19.0 Å². The fraction of sp³-hybridized carbons (Fsp3) is 0.905. The van der Waals surface area contributed by atoms with Crippen molar-refractivity contribution in [3.63, 3.8) is 0 Å². The predicted octanol–water partition coefficient (Wildman–Crippen LogP) is 3.65. The molecule has 0 heterocycles. The molecule has 4 atom stereocenters. The van der Waals surface area contributed by atoms with Gasteiger partial charge in [0.25, 0.3) is 0 Å². The summed E-state index contributed by atoms with van der Waals surface area (Å²) in [7, 11) is 0.962. The fourth-order valence-electron chi connectivity index (χ4n) is 3.22. The SMILES string of the molecule is CCCCCCC#CC1(OCOC)CCC(O[SiH2]CC(C)C(C)C)C1O. The monoisotopic (exact) mass is 384 g/mol. The quantitative estimate of drug-likeness (QED) is 0.241. The molecule has 0 aliphatic heterocycles. The van der Waals surface area contributed by atoms with Crippen LogP contribution >= 0.6 is 0 Å². The van der Waals surface area contributed by atoms with Gasteiger partial charge in [0.15, 0.2) is 15.4 Å². The van der Waals surface area contributed by atoms with Gasteiger partial charge in [0.2, 0.25) is 0 Å². The number of hydrogen-bond acceptors (Lipinski definition) is 4. The Bertz CT molecular complexity index is 431. The third-order valence-corrected chi connectivity index (χ3v) is 7.37. The van der Waals surface area contributed by atoms with Gasteiger partial charge in [0.1, 0.15) is 12.9 Å². The van der Waals surface area contributed by atoms with Gasteiger partial charge in [0.05, 0.1) is 6.10 Å². The van der Waals surface area contributed by atoms with Crippen molar-refractivity contribution in [1.82, 2.24) is 0 Å². The third kappa shape index (κ3) is 7.70. The normalized spacial score (nSPS) is 27.2. The summed E-state index contributed by atoms with van der Waals surface area (Å²) in [6.45, 7) is 9.14. The van der Waals surface area contributed by atoms with Gasteiger partial charge < -0.3 is 19.0 Å². The smallest absolute Gasteiger partial charge is 0.162 e. The molecule has 0 saturated heterocycles. The molecule has 0 amide bonds. The van der Waals surface area contributed by atoms with E-state index >= 15 is 0 Å². The van der Waals surface area contributed by atoms with Crippen LogP contribution in [0.15, 0.2) is 0 Å². The van der Waals surface area contributed by atoms with Crippen molar-refractivity contribution in [2.45, 2.75) is 96.5 Å². The van der Waals surface area contributed by atoms with Gasteiger partial charge >= 0.3 is 0 Å². The lowest BCUT2D eigenvalue weighted by atomic mass is 9.99. The molecule has 1 N–H and O–H groups in total. The molecule has 1 saturated carbocycles. The molecule has 4 nitrogen and oxygen atoms in total. The van der Waals surface area contributed by atoms with E-state index in [0.29, 0.717) is 18.3 Å². The van der Waals surface area contributed by atoms with Crippen LogP contribution in [0.1, 0.15) is 72.6 Å². The van der Waals surface area contributed by atoms with E-state index in [0.717, 1.165) is 25.3 Å². The summed E-state index contributed by atoms with van der Waals surface area (Å²) < 4.78 is 17.1. The fourth-order valence-corrected chi connectivity index (χ4v) is 5.05. The largest absolute Gasteiger partial charge is 0.418 e. The van der Waals surface area contributed by atoms with Crippen LogP contribution in [0.5, 0.6) is 0 Å². The van der Waals surface area contributed by atoms with Crippen LogP contribution in [0.4, 0.5) is 0 Å². The van der Waals surface area contributed by atoms with Gasteiger partial charge in [-0.15, -0.1) is 5.92 Å². The molecule has 1 fully saturated rings. The van der Waals surface area contributed by atoms with Crippen molar-refractivity contribution in [2.75, 3.05) is 13.9 Å². The van der Waals surface area contributed by atoms with Crippen molar-refractivity contribution >= 4 is 9.76 Å². The minimum Gasteiger partial charge on any atom is -0.418 e. The Labute approximate surface area is 163 Å². The Morgan fingerprint density at radius 1 is 1.23 bits per heavy atom. The van der Waals surface area contributed by atoms with Crippen LogP contribution in [0.2, 0.25) is 6.04 Å². The number of aliphatic hydroxyl groups excluding tert-OH is 1. The lowest BCUT2D eigenvalue weighted by molar-refractivity contribution is -0.146. The summed E-state index contributed by atoms with van der Waals surface area (Å²) in [5, 5.41) is 10.9. The van der Waals surface area contributed by atoms with E-state index in [-0.39, 0.29) is 12.9 Å². The summed E-state index contributed by atoms with van der Waals surface area (Å²) >= 11 is 0. The Morgan fingerprint density at radius 2 is 2.00 bits per heavy atom. The maximum Gasteiger partial charge on any atom is 0.162 e. The number of ether oxygens (including phenoxy) is 2. The zero-order valence-corrected chi connectivity index (χ0v) is 19.0. The first-order chi connectivity index (χ1) is 12.5. The first-order valence-corrected chi connectivity index (χ1v) is 12.0. The Hall–Kier alpha value is -0.383. The van der Waals surface area contributed by atoms with Crippen molar-refractivity contribution in [3.05, 3.63) is 0 Å². The molecule has 0 aromatic carbocycles. The van der Waals surface area contributed by atoms with Crippen molar-refractivity contribution in [1.29, 1.82) is 0 Å². The average molecular weight is 385 g/mol. The molecule has 0 aromatic rings. The van der Waals surface area contributed by atoms with E-state index in [1.807, 2.05) is 0 Å². The second kappa shape index (κ2) is 12.9. The van der Waals surface area contributed by atoms with Gasteiger partial charge in [0, 0.05) is 13.5 Å². The summed E-state index contributed by atoms with van der Waals surface area (Å²) in [4.78, 5) is 0. The molecular weight excluding hydrogens is 344 g/mol. The molecule has 0 bridgehead atoms. The highest BCUT2D eigenvalue weighted by Gasteiger charge is 2.48. The molecule has 1 aliphatic rings. The second-order valence-electron chi connectivity index (χ2n) is 7.96. The van der Waals surface area contributed by atoms with E-state index in [9.17, 15) is 5.11 Å². The van der Waals surface area contributed by atoms with Crippen molar-refractivity contribution in [3.8, 4) is 11.8 Å². The summed E-state index contributed by atoms with van der Waals surface area (Å²) in [5.41, 5.74) is -0.830. The average Bonchev–Trinajstić information content (AvgIpc) is 2.93. The minimum absolute atomic E-state index is 0.146. The van der Waals surface area contributed by atoms with Crippen LogP contribution in [0.3, 0.4) is 0 Å². The van der Waals surface area contributed by atoms with Crippen LogP contribution in [-0.2, 0) is 13.9 Å². The number of aliphatic hydroxyl groups is 1. The summed E-state index contributed by atoms with van der Waals surface area (Å²) in [6.07, 6.45) is 6.33. The van der Waals surface area contributed by atoms with E-state index < -0.39 is 21.5 Å². The highest BCUT2D eigenvalue weighted by molar-refractivity contribution is 6.27. The molecule has 26 heavy (non-hydrogen) atoms. The van der Waals surface area contributed by atoms with Crippen LogP contribution in [-0.4, -0.2) is 46.6 Å². The van der Waals surface area contributed by atoms with Crippen LogP contribution < -0.4 is 0 Å². The zero-order valence-electron chi connectivity index (χ0n) is 17.6. The molecule has 0 spiro atoms. The number of unbranched alkanes of at least 4 members (excludes halogenated alkanes) is 4. The predicted molar refractivity (Wildman–Crippen MR) is 110 cm³/mol. The Morgan fingerprint density at radius 3 is 2.65 bits per heavy atom. The maximum atomic E-state index is 10.9. The first kappa shape index (κ1) is 23.7. The molecule has 1 rings (SSSR count). The summed E-state index contributed by atoms with van der Waals surface area (Å²) in [6, 6.07) is 1.15.